The third-order valence-corrected chi connectivity index (χ3v) is 5.83. The molecule has 164 valence electrons. The largest absolute Gasteiger partial charge is 0.336 e. The minimum atomic E-state index is -0.228. The van der Waals surface area contributed by atoms with E-state index in [1.54, 1.807) is 11.6 Å². The molecule has 9 heteroatoms. The molecule has 0 aliphatic rings. The number of likely N-dealkylation sites (N-methyl/N-ethyl adjacent to an activating group) is 1. The topological polar surface area (TPSA) is 92.5 Å². The van der Waals surface area contributed by atoms with Crippen molar-refractivity contribution in [1.82, 2.24) is 24.5 Å². The van der Waals surface area contributed by atoms with Gasteiger partial charge in [-0.2, -0.15) is 4.98 Å². The van der Waals surface area contributed by atoms with Crippen molar-refractivity contribution in [2.45, 2.75) is 46.2 Å². The van der Waals surface area contributed by atoms with Gasteiger partial charge in [-0.1, -0.05) is 29.5 Å². The van der Waals surface area contributed by atoms with Gasteiger partial charge in [-0.25, -0.2) is 9.50 Å². The summed E-state index contributed by atoms with van der Waals surface area (Å²) in [5.74, 6) is 0.131. The average Bonchev–Trinajstić information content (AvgIpc) is 3.11. The number of carbonyl (C=O) groups excluding carboxylic acids is 2. The fraction of sp³-hybridized carbons (Fsp3) is 0.409. The first kappa shape index (κ1) is 22.7. The number of fused-ring (bicyclic) bond motifs is 1. The zero-order chi connectivity index (χ0) is 22.9. The van der Waals surface area contributed by atoms with Crippen LogP contribution in [0.2, 0.25) is 0 Å². The van der Waals surface area contributed by atoms with Crippen LogP contribution in [0.3, 0.4) is 0 Å². The Bertz CT molecular complexity index is 1150. The Kier molecular flexibility index (Phi) is 6.64. The van der Waals surface area contributed by atoms with Crippen molar-refractivity contribution < 1.29 is 9.59 Å². The number of rotatable bonds is 6. The monoisotopic (exact) mass is 440 g/mol. The van der Waals surface area contributed by atoms with E-state index in [1.807, 2.05) is 53.0 Å². The molecule has 2 heterocycles. The van der Waals surface area contributed by atoms with Crippen molar-refractivity contribution in [1.29, 1.82) is 0 Å². The molecule has 0 fully saturated rings. The summed E-state index contributed by atoms with van der Waals surface area (Å²) in [6.45, 7) is 9.68. The zero-order valence-corrected chi connectivity index (χ0v) is 19.8. The molecule has 0 aliphatic heterocycles. The van der Waals surface area contributed by atoms with E-state index in [1.165, 1.54) is 16.7 Å². The molecule has 0 atom stereocenters. The van der Waals surface area contributed by atoms with Crippen LogP contribution in [0.25, 0.3) is 5.78 Å². The highest BCUT2D eigenvalue weighted by Crippen LogP contribution is 2.22. The Morgan fingerprint density at radius 2 is 1.74 bits per heavy atom. The second-order valence-electron chi connectivity index (χ2n) is 7.82. The lowest BCUT2D eigenvalue weighted by atomic mass is 10.1. The maximum atomic E-state index is 12.8. The van der Waals surface area contributed by atoms with Crippen molar-refractivity contribution in [2.75, 3.05) is 25.2 Å². The minimum Gasteiger partial charge on any atom is -0.336 e. The van der Waals surface area contributed by atoms with Crippen LogP contribution in [0, 0.1) is 34.6 Å². The number of aromatic nitrogens is 4. The third kappa shape index (κ3) is 4.87. The van der Waals surface area contributed by atoms with E-state index < -0.39 is 0 Å². The van der Waals surface area contributed by atoms with Gasteiger partial charge in [-0.05, 0) is 52.0 Å². The maximum Gasteiger partial charge on any atom is 0.253 e. The lowest BCUT2D eigenvalue weighted by molar-refractivity contribution is -0.132. The number of benzene rings is 1. The van der Waals surface area contributed by atoms with Crippen molar-refractivity contribution in [3.8, 4) is 0 Å². The lowest BCUT2D eigenvalue weighted by Gasteiger charge is -2.19. The molecule has 8 nitrogen and oxygen atoms in total. The Balaban J connectivity index is 1.72. The molecule has 0 radical (unpaired) electrons. The summed E-state index contributed by atoms with van der Waals surface area (Å²) >= 11 is 1.44. The second kappa shape index (κ2) is 9.05. The van der Waals surface area contributed by atoms with E-state index in [2.05, 4.69) is 20.4 Å². The first-order valence-corrected chi connectivity index (χ1v) is 11.2. The molecular formula is C22H28N6O2S. The lowest BCUT2D eigenvalue weighted by Crippen LogP contribution is -2.36. The molecule has 0 spiro atoms. The van der Waals surface area contributed by atoms with E-state index in [0.717, 1.165) is 39.3 Å². The molecule has 31 heavy (non-hydrogen) atoms. The molecule has 3 aromatic rings. The second-order valence-corrected chi connectivity index (χ2v) is 8.59. The van der Waals surface area contributed by atoms with Gasteiger partial charge in [0.1, 0.15) is 0 Å². The van der Waals surface area contributed by atoms with Crippen LogP contribution in [-0.4, -0.2) is 56.1 Å². The van der Waals surface area contributed by atoms with Crippen LogP contribution in [0.15, 0.2) is 17.3 Å². The number of nitrogens with zero attached hydrogens (tertiary/aromatic N) is 5. The summed E-state index contributed by atoms with van der Waals surface area (Å²) in [5, 5.41) is 7.99. The molecule has 0 saturated heterocycles. The van der Waals surface area contributed by atoms with Crippen LogP contribution in [0.5, 0.6) is 0 Å². The summed E-state index contributed by atoms with van der Waals surface area (Å²) < 4.78 is 1.66. The average molecular weight is 441 g/mol. The van der Waals surface area contributed by atoms with Crippen LogP contribution in [-0.2, 0) is 16.0 Å². The molecule has 0 saturated carbocycles. The predicted octanol–water partition coefficient (Wildman–Crippen LogP) is 3.03. The Morgan fingerprint density at radius 3 is 2.35 bits per heavy atom. The normalized spacial score (nSPS) is 11.1. The number of nitrogens with one attached hydrogen (secondary N) is 1. The number of thioether (sulfide) groups is 1. The fourth-order valence-corrected chi connectivity index (χ4v) is 4.01. The van der Waals surface area contributed by atoms with Crippen LogP contribution < -0.4 is 5.32 Å². The summed E-state index contributed by atoms with van der Waals surface area (Å²) in [4.78, 5) is 35.7. The van der Waals surface area contributed by atoms with Gasteiger partial charge in [0.05, 0.1) is 13.0 Å². The van der Waals surface area contributed by atoms with Crippen molar-refractivity contribution >= 4 is 35.0 Å². The van der Waals surface area contributed by atoms with Gasteiger partial charge < -0.3 is 10.2 Å². The van der Waals surface area contributed by atoms with E-state index in [-0.39, 0.29) is 24.8 Å². The third-order valence-electron chi connectivity index (χ3n) is 5.29. The highest BCUT2D eigenvalue weighted by atomic mass is 32.2. The fourth-order valence-electron chi connectivity index (χ4n) is 3.68. The summed E-state index contributed by atoms with van der Waals surface area (Å²) in [7, 11) is 1.63. The maximum absolute atomic E-state index is 12.8. The van der Waals surface area contributed by atoms with E-state index in [9.17, 15) is 9.59 Å². The summed E-state index contributed by atoms with van der Waals surface area (Å²) in [6, 6.07) is 4.05. The van der Waals surface area contributed by atoms with Gasteiger partial charge in [0.15, 0.2) is 0 Å². The minimum absolute atomic E-state index is 0.0285. The molecule has 2 amide bonds. The number of aryl methyl sites for hydroxylation is 5. The highest BCUT2D eigenvalue weighted by Gasteiger charge is 2.20. The molecule has 1 aromatic carbocycles. The molecule has 3 rings (SSSR count). The van der Waals surface area contributed by atoms with E-state index >= 15 is 0 Å². The number of hydrogen-bond donors (Lipinski definition) is 1. The quantitative estimate of drug-likeness (QED) is 0.593. The van der Waals surface area contributed by atoms with Gasteiger partial charge in [-0.3, -0.25) is 9.59 Å². The van der Waals surface area contributed by atoms with Gasteiger partial charge in [0.25, 0.3) is 5.78 Å². The Morgan fingerprint density at radius 1 is 1.10 bits per heavy atom. The van der Waals surface area contributed by atoms with Crippen LogP contribution in [0.4, 0.5) is 5.69 Å². The highest BCUT2D eigenvalue weighted by molar-refractivity contribution is 7.98. The summed E-state index contributed by atoms with van der Waals surface area (Å²) in [5.41, 5.74) is 6.31. The van der Waals surface area contributed by atoms with Gasteiger partial charge >= 0.3 is 0 Å². The molecule has 2 aromatic heterocycles. The Hall–Kier alpha value is -2.94. The molecular weight excluding hydrogens is 412 g/mol. The smallest absolute Gasteiger partial charge is 0.253 e. The van der Waals surface area contributed by atoms with Gasteiger partial charge in [0, 0.05) is 29.7 Å². The first-order valence-electron chi connectivity index (χ1n) is 9.99. The van der Waals surface area contributed by atoms with Crippen molar-refractivity contribution in [2.24, 2.45) is 0 Å². The number of hydrogen-bond acceptors (Lipinski definition) is 6. The summed E-state index contributed by atoms with van der Waals surface area (Å²) in [6.07, 6.45) is 2.04. The number of carbonyl (C=O) groups is 2. The van der Waals surface area contributed by atoms with Crippen LogP contribution in [0.1, 0.15) is 33.6 Å². The van der Waals surface area contributed by atoms with Crippen LogP contribution >= 0.6 is 11.8 Å². The zero-order valence-electron chi connectivity index (χ0n) is 19.0. The van der Waals surface area contributed by atoms with E-state index in [0.29, 0.717) is 10.9 Å². The standard InChI is InChI=1S/C22H28N6O2S/c1-12-8-13(2)20(14(3)9-12)24-18(29)11-27(6)19(30)10-17-15(4)23-21-25-22(31-7)26-28(21)16(17)5/h8-9H,10-11H2,1-7H3,(H,24,29). The van der Waals surface area contributed by atoms with Crippen molar-refractivity contribution in [3.05, 3.63) is 45.8 Å². The predicted molar refractivity (Wildman–Crippen MR) is 123 cm³/mol. The van der Waals surface area contributed by atoms with Gasteiger partial charge in [0.2, 0.25) is 17.0 Å². The molecule has 0 unspecified atom stereocenters. The molecule has 1 N–H and O–H groups in total. The number of amides is 2. The Labute approximate surface area is 186 Å². The van der Waals surface area contributed by atoms with E-state index in [4.69, 9.17) is 0 Å². The first-order chi connectivity index (χ1) is 14.6. The number of anilines is 1. The molecule has 0 bridgehead atoms. The SMILES string of the molecule is CSc1nc2nc(C)c(CC(=O)N(C)CC(=O)Nc3c(C)cc(C)cc3C)c(C)n2n1. The molecule has 0 aliphatic carbocycles. The van der Waals surface area contributed by atoms with Crippen molar-refractivity contribution in [3.63, 3.8) is 0 Å². The van der Waals surface area contributed by atoms with Gasteiger partial charge in [-0.15, -0.1) is 5.10 Å².